The summed E-state index contributed by atoms with van der Waals surface area (Å²) in [7, 11) is 0. The summed E-state index contributed by atoms with van der Waals surface area (Å²) in [4.78, 5) is 24.6. The molecule has 148 valence electrons. The number of unbranched alkanes of at least 4 members (excludes halogenated alkanes) is 3. The van der Waals surface area contributed by atoms with Gasteiger partial charge < -0.3 is 25.4 Å². The summed E-state index contributed by atoms with van der Waals surface area (Å²) in [6, 6.07) is 0. The maximum Gasteiger partial charge on any atom is 0.225 e. The molecule has 0 aliphatic carbocycles. The van der Waals surface area contributed by atoms with E-state index >= 15 is 0 Å². The van der Waals surface area contributed by atoms with Crippen LogP contribution in [0.1, 0.15) is 45.3 Å². The van der Waals surface area contributed by atoms with Crippen LogP contribution < -0.4 is 5.32 Å². The van der Waals surface area contributed by atoms with Crippen LogP contribution in [0.2, 0.25) is 0 Å². The zero-order valence-electron chi connectivity index (χ0n) is 15.2. The van der Waals surface area contributed by atoms with E-state index in [0.29, 0.717) is 17.6 Å². The summed E-state index contributed by atoms with van der Waals surface area (Å²) in [6.45, 7) is 1.69. The number of amides is 1. The molecule has 2 aromatic rings. The Morgan fingerprint density at radius 2 is 2.04 bits per heavy atom. The number of fused-ring (bicyclic) bond motifs is 1. The Balaban J connectivity index is 1.76. The van der Waals surface area contributed by atoms with Crippen LogP contribution in [0.15, 0.2) is 12.7 Å². The molecule has 0 aromatic carbocycles. The molecule has 2 aromatic heterocycles. The third kappa shape index (κ3) is 4.08. The van der Waals surface area contributed by atoms with Gasteiger partial charge >= 0.3 is 0 Å². The Kier molecular flexibility index (Phi) is 6.32. The standard InChI is InChI=1S/C17H25N5O5/c1-2-3-4-5-6-11(24)21-15-12-16(19-8-18-15)22(9-20-12)17-14(26)13(25)10(7-23)27-17/h8-10,13-14,17,23,25-26H,2-7H2,1H3,(H,18,19,21,24). The molecular formula is C17H25N5O5. The molecule has 1 saturated heterocycles. The number of carbonyl (C=O) groups excluding carboxylic acids is 1. The van der Waals surface area contributed by atoms with Gasteiger partial charge in [0, 0.05) is 6.42 Å². The smallest absolute Gasteiger partial charge is 0.225 e. The molecule has 0 spiro atoms. The summed E-state index contributed by atoms with van der Waals surface area (Å²) in [5.41, 5.74) is 0.707. The Morgan fingerprint density at radius 3 is 2.74 bits per heavy atom. The van der Waals surface area contributed by atoms with E-state index in [1.54, 1.807) is 0 Å². The number of imidazole rings is 1. The maximum absolute atomic E-state index is 12.1. The van der Waals surface area contributed by atoms with Crippen molar-refractivity contribution in [2.24, 2.45) is 0 Å². The molecule has 0 bridgehead atoms. The molecule has 4 atom stereocenters. The van der Waals surface area contributed by atoms with E-state index in [9.17, 15) is 20.1 Å². The predicted molar refractivity (Wildman–Crippen MR) is 95.7 cm³/mol. The number of rotatable bonds is 8. The minimum Gasteiger partial charge on any atom is -0.394 e. The van der Waals surface area contributed by atoms with Gasteiger partial charge in [0.05, 0.1) is 12.9 Å². The fourth-order valence-electron chi connectivity index (χ4n) is 3.15. The van der Waals surface area contributed by atoms with Crippen molar-refractivity contribution < 1.29 is 24.9 Å². The molecule has 4 unspecified atom stereocenters. The van der Waals surface area contributed by atoms with Crippen LogP contribution >= 0.6 is 0 Å². The molecule has 27 heavy (non-hydrogen) atoms. The predicted octanol–water partition coefficient (Wildman–Crippen LogP) is 0.347. The number of aliphatic hydroxyl groups is 3. The molecule has 1 aliphatic rings. The second-order valence-electron chi connectivity index (χ2n) is 6.63. The molecule has 1 amide bonds. The van der Waals surface area contributed by atoms with Crippen molar-refractivity contribution in [2.45, 2.75) is 63.6 Å². The Morgan fingerprint density at radius 1 is 1.22 bits per heavy atom. The lowest BCUT2D eigenvalue weighted by molar-refractivity contribution is -0.116. The number of nitrogens with zero attached hydrogens (tertiary/aromatic N) is 4. The van der Waals surface area contributed by atoms with Gasteiger partial charge in [-0.2, -0.15) is 0 Å². The molecule has 3 rings (SSSR count). The quantitative estimate of drug-likeness (QED) is 0.481. The number of hydrogen-bond donors (Lipinski definition) is 4. The minimum atomic E-state index is -1.24. The molecule has 3 heterocycles. The van der Waals surface area contributed by atoms with Gasteiger partial charge in [0.1, 0.15) is 24.6 Å². The van der Waals surface area contributed by atoms with Gasteiger partial charge in [-0.05, 0) is 6.42 Å². The largest absolute Gasteiger partial charge is 0.394 e. The fourth-order valence-corrected chi connectivity index (χ4v) is 3.15. The molecule has 4 N–H and O–H groups in total. The van der Waals surface area contributed by atoms with Crippen molar-refractivity contribution in [3.05, 3.63) is 12.7 Å². The van der Waals surface area contributed by atoms with Gasteiger partial charge in [0.25, 0.3) is 0 Å². The SMILES string of the molecule is CCCCCCC(=O)Nc1ncnc2c1ncn2C1OC(CO)C(O)C1O. The van der Waals surface area contributed by atoms with Crippen molar-refractivity contribution >= 4 is 22.9 Å². The highest BCUT2D eigenvalue weighted by Crippen LogP contribution is 2.32. The van der Waals surface area contributed by atoms with E-state index in [1.165, 1.54) is 17.2 Å². The van der Waals surface area contributed by atoms with E-state index in [2.05, 4.69) is 27.2 Å². The lowest BCUT2D eigenvalue weighted by atomic mass is 10.1. The highest BCUT2D eigenvalue weighted by molar-refractivity contribution is 5.96. The second-order valence-corrected chi connectivity index (χ2v) is 6.63. The molecule has 10 heteroatoms. The van der Waals surface area contributed by atoms with Crippen LogP contribution in [0.4, 0.5) is 5.82 Å². The zero-order chi connectivity index (χ0) is 19.4. The van der Waals surface area contributed by atoms with E-state index in [4.69, 9.17) is 4.74 Å². The normalized spacial score (nSPS) is 25.2. The first-order valence-electron chi connectivity index (χ1n) is 9.16. The maximum atomic E-state index is 12.1. The van der Waals surface area contributed by atoms with Gasteiger partial charge in [0.2, 0.25) is 5.91 Å². The van der Waals surface area contributed by atoms with Crippen LogP contribution in [0.5, 0.6) is 0 Å². The van der Waals surface area contributed by atoms with Crippen molar-refractivity contribution in [3.8, 4) is 0 Å². The Hall–Kier alpha value is -2.14. The van der Waals surface area contributed by atoms with Crippen molar-refractivity contribution in [2.75, 3.05) is 11.9 Å². The summed E-state index contributed by atoms with van der Waals surface area (Å²) in [5.74, 6) is 0.138. The minimum absolute atomic E-state index is 0.145. The summed E-state index contributed by atoms with van der Waals surface area (Å²) in [6.07, 6.45) is 2.79. The number of aliphatic hydroxyl groups excluding tert-OH is 3. The van der Waals surface area contributed by atoms with E-state index in [-0.39, 0.29) is 11.7 Å². The number of hydrogen-bond acceptors (Lipinski definition) is 8. The number of nitrogens with one attached hydrogen (secondary N) is 1. The second kappa shape index (κ2) is 8.70. The third-order valence-electron chi connectivity index (χ3n) is 4.67. The van der Waals surface area contributed by atoms with Crippen LogP contribution in [0.3, 0.4) is 0 Å². The summed E-state index contributed by atoms with van der Waals surface area (Å²) < 4.78 is 6.97. The molecular weight excluding hydrogens is 354 g/mol. The van der Waals surface area contributed by atoms with Gasteiger partial charge in [-0.3, -0.25) is 9.36 Å². The fraction of sp³-hybridized carbons (Fsp3) is 0.647. The van der Waals surface area contributed by atoms with E-state index in [0.717, 1.165) is 25.7 Å². The molecule has 0 saturated carbocycles. The first-order valence-corrected chi connectivity index (χ1v) is 9.16. The topological polar surface area (TPSA) is 143 Å². The average molecular weight is 379 g/mol. The first kappa shape index (κ1) is 19.6. The van der Waals surface area contributed by atoms with Crippen LogP contribution in [-0.4, -0.2) is 65.7 Å². The Labute approximate surface area is 156 Å². The van der Waals surface area contributed by atoms with Crippen LogP contribution in [0, 0.1) is 0 Å². The van der Waals surface area contributed by atoms with Crippen LogP contribution in [0.25, 0.3) is 11.2 Å². The zero-order valence-corrected chi connectivity index (χ0v) is 15.2. The molecule has 10 nitrogen and oxygen atoms in total. The lowest BCUT2D eigenvalue weighted by Gasteiger charge is -2.16. The van der Waals surface area contributed by atoms with E-state index < -0.39 is 31.1 Å². The van der Waals surface area contributed by atoms with Gasteiger partial charge in [-0.25, -0.2) is 15.0 Å². The first-order chi connectivity index (χ1) is 13.1. The highest BCUT2D eigenvalue weighted by Gasteiger charge is 2.44. The van der Waals surface area contributed by atoms with Crippen LogP contribution in [-0.2, 0) is 9.53 Å². The number of ether oxygens (including phenoxy) is 1. The molecule has 0 radical (unpaired) electrons. The average Bonchev–Trinajstić information content (AvgIpc) is 3.21. The highest BCUT2D eigenvalue weighted by atomic mass is 16.6. The van der Waals surface area contributed by atoms with Crippen molar-refractivity contribution in [1.82, 2.24) is 19.5 Å². The summed E-state index contributed by atoms with van der Waals surface area (Å²) >= 11 is 0. The van der Waals surface area contributed by atoms with Crippen molar-refractivity contribution in [3.63, 3.8) is 0 Å². The number of aromatic nitrogens is 4. The van der Waals surface area contributed by atoms with Gasteiger partial charge in [0.15, 0.2) is 23.2 Å². The number of anilines is 1. The lowest BCUT2D eigenvalue weighted by Crippen LogP contribution is -2.33. The van der Waals surface area contributed by atoms with Gasteiger partial charge in [-0.15, -0.1) is 0 Å². The third-order valence-corrected chi connectivity index (χ3v) is 4.67. The number of carbonyl (C=O) groups is 1. The Bertz CT molecular complexity index is 782. The van der Waals surface area contributed by atoms with Crippen molar-refractivity contribution in [1.29, 1.82) is 0 Å². The molecule has 1 fully saturated rings. The summed E-state index contributed by atoms with van der Waals surface area (Å²) in [5, 5.41) is 32.1. The van der Waals surface area contributed by atoms with Gasteiger partial charge in [-0.1, -0.05) is 26.2 Å². The molecule has 1 aliphatic heterocycles. The monoisotopic (exact) mass is 379 g/mol. The van der Waals surface area contributed by atoms with E-state index in [1.807, 2.05) is 0 Å².